The van der Waals surface area contributed by atoms with E-state index >= 15 is 0 Å². The number of ether oxygens (including phenoxy) is 1. The standard InChI is InChI=1S/C11H13NO4/c1-8(13)3-4-9-5-6-10(12(14)15)7-11(9)16-2/h5-7H,3-4H2,1-2H3. The van der Waals surface area contributed by atoms with Crippen LogP contribution >= 0.6 is 0 Å². The first-order valence-electron chi connectivity index (χ1n) is 4.85. The highest BCUT2D eigenvalue weighted by Gasteiger charge is 2.11. The lowest BCUT2D eigenvalue weighted by atomic mass is 10.1. The van der Waals surface area contributed by atoms with Crippen molar-refractivity contribution in [2.45, 2.75) is 19.8 Å². The molecule has 5 nitrogen and oxygen atoms in total. The minimum absolute atomic E-state index is 0.0107. The quantitative estimate of drug-likeness (QED) is 0.566. The normalized spacial score (nSPS) is 9.88. The van der Waals surface area contributed by atoms with Crippen LogP contribution in [0, 0.1) is 10.1 Å². The number of benzene rings is 1. The lowest BCUT2D eigenvalue weighted by Crippen LogP contribution is -1.98. The van der Waals surface area contributed by atoms with Gasteiger partial charge in [-0.1, -0.05) is 0 Å². The zero-order valence-corrected chi connectivity index (χ0v) is 9.23. The van der Waals surface area contributed by atoms with E-state index in [9.17, 15) is 14.9 Å². The molecule has 0 aliphatic heterocycles. The summed E-state index contributed by atoms with van der Waals surface area (Å²) in [5.74, 6) is 0.538. The zero-order chi connectivity index (χ0) is 12.1. The van der Waals surface area contributed by atoms with E-state index in [1.807, 2.05) is 0 Å². The highest BCUT2D eigenvalue weighted by molar-refractivity contribution is 5.75. The molecule has 0 aliphatic rings. The molecule has 0 bridgehead atoms. The van der Waals surface area contributed by atoms with Crippen molar-refractivity contribution >= 4 is 11.5 Å². The molecule has 0 N–H and O–H groups in total. The predicted molar refractivity (Wildman–Crippen MR) is 58.7 cm³/mol. The molecule has 0 aliphatic carbocycles. The van der Waals surface area contributed by atoms with Gasteiger partial charge >= 0.3 is 0 Å². The van der Waals surface area contributed by atoms with Crippen molar-refractivity contribution in [2.24, 2.45) is 0 Å². The summed E-state index contributed by atoms with van der Waals surface area (Å²) in [4.78, 5) is 20.9. The first-order valence-corrected chi connectivity index (χ1v) is 4.85. The third kappa shape index (κ3) is 3.05. The molecule has 16 heavy (non-hydrogen) atoms. The molecule has 86 valence electrons. The van der Waals surface area contributed by atoms with Crippen molar-refractivity contribution in [2.75, 3.05) is 7.11 Å². The third-order valence-corrected chi connectivity index (χ3v) is 2.23. The van der Waals surface area contributed by atoms with E-state index in [1.54, 1.807) is 6.07 Å². The van der Waals surface area contributed by atoms with Crippen molar-refractivity contribution in [3.63, 3.8) is 0 Å². The number of nitro groups is 1. The Kier molecular flexibility index (Phi) is 3.99. The van der Waals surface area contributed by atoms with Crippen molar-refractivity contribution < 1.29 is 14.5 Å². The number of non-ortho nitro benzene ring substituents is 1. The summed E-state index contributed by atoms with van der Waals surface area (Å²) >= 11 is 0. The van der Waals surface area contributed by atoms with Crippen LogP contribution in [0.15, 0.2) is 18.2 Å². The maximum atomic E-state index is 10.8. The highest BCUT2D eigenvalue weighted by Crippen LogP contribution is 2.25. The molecule has 1 rings (SSSR count). The molecule has 1 aromatic rings. The highest BCUT2D eigenvalue weighted by atomic mass is 16.6. The molecular formula is C11H13NO4. The number of ketones is 1. The molecule has 0 radical (unpaired) electrons. The third-order valence-electron chi connectivity index (χ3n) is 2.23. The van der Waals surface area contributed by atoms with Crippen LogP contribution in [0.2, 0.25) is 0 Å². The Morgan fingerprint density at radius 3 is 2.69 bits per heavy atom. The van der Waals surface area contributed by atoms with Crippen LogP contribution in [0.5, 0.6) is 5.75 Å². The number of methoxy groups -OCH3 is 1. The number of Topliss-reactive ketones (excluding diaryl/α,β-unsaturated/α-hetero) is 1. The predicted octanol–water partition coefficient (Wildman–Crippen LogP) is 2.12. The smallest absolute Gasteiger partial charge is 0.273 e. The Hall–Kier alpha value is -1.91. The monoisotopic (exact) mass is 223 g/mol. The molecule has 0 spiro atoms. The molecule has 0 amide bonds. The van der Waals surface area contributed by atoms with Gasteiger partial charge in [0.25, 0.3) is 5.69 Å². The minimum Gasteiger partial charge on any atom is -0.496 e. The SMILES string of the molecule is COc1cc([N+](=O)[O-])ccc1CCC(C)=O. The van der Waals surface area contributed by atoms with Crippen LogP contribution < -0.4 is 4.74 Å². The van der Waals surface area contributed by atoms with Gasteiger partial charge in [-0.05, 0) is 25.0 Å². The fourth-order valence-corrected chi connectivity index (χ4v) is 1.36. The first kappa shape index (κ1) is 12.2. The first-order chi connectivity index (χ1) is 7.54. The number of nitro benzene ring substituents is 1. The second-order valence-electron chi connectivity index (χ2n) is 3.46. The van der Waals surface area contributed by atoms with Crippen molar-refractivity contribution in [1.82, 2.24) is 0 Å². The number of carbonyl (C=O) groups is 1. The zero-order valence-electron chi connectivity index (χ0n) is 9.23. The molecule has 1 aromatic carbocycles. The lowest BCUT2D eigenvalue weighted by molar-refractivity contribution is -0.384. The Morgan fingerprint density at radius 1 is 1.50 bits per heavy atom. The van der Waals surface area contributed by atoms with E-state index in [4.69, 9.17) is 4.74 Å². The Balaban J connectivity index is 2.93. The number of hydrogen-bond acceptors (Lipinski definition) is 4. The van der Waals surface area contributed by atoms with Gasteiger partial charge in [-0.25, -0.2) is 0 Å². The average molecular weight is 223 g/mol. The van der Waals surface area contributed by atoms with Gasteiger partial charge in [-0.3, -0.25) is 10.1 Å². The van der Waals surface area contributed by atoms with Gasteiger partial charge in [-0.2, -0.15) is 0 Å². The summed E-state index contributed by atoms with van der Waals surface area (Å²) < 4.78 is 5.05. The number of nitrogens with zero attached hydrogens (tertiary/aromatic N) is 1. The van der Waals surface area contributed by atoms with Crippen molar-refractivity contribution in [3.05, 3.63) is 33.9 Å². The van der Waals surface area contributed by atoms with Gasteiger partial charge in [-0.15, -0.1) is 0 Å². The van der Waals surface area contributed by atoms with Crippen LogP contribution in [0.3, 0.4) is 0 Å². The molecule has 0 aromatic heterocycles. The number of carbonyl (C=O) groups excluding carboxylic acids is 1. The summed E-state index contributed by atoms with van der Waals surface area (Å²) in [6.45, 7) is 1.51. The summed E-state index contributed by atoms with van der Waals surface area (Å²) in [7, 11) is 1.45. The van der Waals surface area contributed by atoms with Crippen LogP contribution in [0.25, 0.3) is 0 Å². The summed E-state index contributed by atoms with van der Waals surface area (Å²) in [5.41, 5.74) is 0.798. The lowest BCUT2D eigenvalue weighted by Gasteiger charge is -2.06. The second kappa shape index (κ2) is 5.25. The molecule has 0 unspecified atom stereocenters. The van der Waals surface area contributed by atoms with Crippen molar-refractivity contribution in [1.29, 1.82) is 0 Å². The fourth-order valence-electron chi connectivity index (χ4n) is 1.36. The summed E-state index contributed by atoms with van der Waals surface area (Å²) in [6.07, 6.45) is 0.949. The number of aryl methyl sites for hydroxylation is 1. The van der Waals surface area contributed by atoms with Gasteiger partial charge < -0.3 is 9.53 Å². The second-order valence-corrected chi connectivity index (χ2v) is 3.46. The van der Waals surface area contributed by atoms with Gasteiger partial charge in [0.1, 0.15) is 11.5 Å². The molecule has 0 atom stereocenters. The van der Waals surface area contributed by atoms with Crippen LogP contribution in [0.4, 0.5) is 5.69 Å². The maximum Gasteiger partial charge on any atom is 0.273 e. The van der Waals surface area contributed by atoms with Gasteiger partial charge in [0.2, 0.25) is 0 Å². The molecule has 0 heterocycles. The minimum atomic E-state index is -0.475. The fraction of sp³-hybridized carbons (Fsp3) is 0.364. The Bertz CT molecular complexity index is 414. The van der Waals surface area contributed by atoms with Crippen LogP contribution in [-0.2, 0) is 11.2 Å². The van der Waals surface area contributed by atoms with Gasteiger partial charge in [0.05, 0.1) is 18.1 Å². The Labute approximate surface area is 93.2 Å². The molecule has 0 saturated carbocycles. The van der Waals surface area contributed by atoms with Gasteiger partial charge in [0, 0.05) is 12.5 Å². The molecule has 0 saturated heterocycles. The van der Waals surface area contributed by atoms with E-state index in [-0.39, 0.29) is 11.5 Å². The van der Waals surface area contributed by atoms with E-state index in [0.29, 0.717) is 18.6 Å². The van der Waals surface area contributed by atoms with Gasteiger partial charge in [0.15, 0.2) is 0 Å². The average Bonchev–Trinajstić information content (AvgIpc) is 2.25. The Morgan fingerprint density at radius 2 is 2.19 bits per heavy atom. The molecular weight excluding hydrogens is 210 g/mol. The molecule has 5 heteroatoms. The van der Waals surface area contributed by atoms with E-state index < -0.39 is 4.92 Å². The number of hydrogen-bond donors (Lipinski definition) is 0. The largest absolute Gasteiger partial charge is 0.496 e. The summed E-state index contributed by atoms with van der Waals surface area (Å²) in [6, 6.07) is 4.41. The van der Waals surface area contributed by atoms with E-state index in [2.05, 4.69) is 0 Å². The summed E-state index contributed by atoms with van der Waals surface area (Å²) in [5, 5.41) is 10.5. The topological polar surface area (TPSA) is 69.4 Å². The molecule has 0 fully saturated rings. The van der Waals surface area contributed by atoms with Crippen molar-refractivity contribution in [3.8, 4) is 5.75 Å². The number of rotatable bonds is 5. The van der Waals surface area contributed by atoms with Crippen LogP contribution in [0.1, 0.15) is 18.9 Å². The van der Waals surface area contributed by atoms with E-state index in [0.717, 1.165) is 5.56 Å². The van der Waals surface area contributed by atoms with Crippen LogP contribution in [-0.4, -0.2) is 17.8 Å². The maximum absolute atomic E-state index is 10.8. The van der Waals surface area contributed by atoms with E-state index in [1.165, 1.54) is 26.2 Å².